The van der Waals surface area contributed by atoms with Crippen molar-refractivity contribution in [2.75, 3.05) is 0 Å². The summed E-state index contributed by atoms with van der Waals surface area (Å²) in [6.07, 6.45) is 0.455. The molecule has 1 rings (SSSR count). The second-order valence-corrected chi connectivity index (χ2v) is 4.87. The smallest absolute Gasteiger partial charge is 0.343 e. The highest BCUT2D eigenvalue weighted by Crippen LogP contribution is 2.14. The van der Waals surface area contributed by atoms with E-state index in [0.717, 1.165) is 0 Å². The zero-order valence-corrected chi connectivity index (χ0v) is 11.3. The van der Waals surface area contributed by atoms with Gasteiger partial charge in [-0.05, 0) is 12.3 Å². The molecule has 0 saturated carbocycles. The van der Waals surface area contributed by atoms with Gasteiger partial charge in [0.15, 0.2) is 0 Å². The van der Waals surface area contributed by atoms with Gasteiger partial charge in [-0.15, -0.1) is 5.06 Å². The predicted molar refractivity (Wildman–Crippen MR) is 64.2 cm³/mol. The third-order valence-electron chi connectivity index (χ3n) is 2.56. The number of imide groups is 1. The van der Waals surface area contributed by atoms with E-state index in [9.17, 15) is 19.2 Å². The fraction of sp³-hybridized carbons (Fsp3) is 0.667. The van der Waals surface area contributed by atoms with Crippen LogP contribution < -0.4 is 5.32 Å². The number of hydrogen-bond donors (Lipinski definition) is 1. The average Bonchev–Trinajstić information content (AvgIpc) is 2.58. The van der Waals surface area contributed by atoms with Crippen molar-refractivity contribution >= 4 is 23.7 Å². The highest BCUT2D eigenvalue weighted by atomic mass is 16.7. The van der Waals surface area contributed by atoms with Crippen molar-refractivity contribution in [2.45, 2.75) is 46.1 Å². The van der Waals surface area contributed by atoms with E-state index in [1.165, 1.54) is 6.92 Å². The first-order valence-electron chi connectivity index (χ1n) is 6.16. The molecule has 1 fully saturated rings. The molecule has 0 aliphatic carbocycles. The molecule has 0 spiro atoms. The summed E-state index contributed by atoms with van der Waals surface area (Å²) in [4.78, 5) is 50.4. The number of carbonyl (C=O) groups excluding carboxylic acids is 4. The molecule has 1 aliphatic rings. The van der Waals surface area contributed by atoms with Crippen molar-refractivity contribution in [1.29, 1.82) is 0 Å². The van der Waals surface area contributed by atoms with Gasteiger partial charge >= 0.3 is 5.97 Å². The highest BCUT2D eigenvalue weighted by molar-refractivity contribution is 6.01. The molecular formula is C12H18N2O5. The molecular weight excluding hydrogens is 252 g/mol. The molecule has 7 heteroatoms. The maximum atomic E-state index is 11.9. The van der Waals surface area contributed by atoms with Crippen LogP contribution in [-0.2, 0) is 24.0 Å². The van der Waals surface area contributed by atoms with Gasteiger partial charge in [0.1, 0.15) is 6.04 Å². The van der Waals surface area contributed by atoms with E-state index in [2.05, 4.69) is 5.32 Å². The van der Waals surface area contributed by atoms with Gasteiger partial charge in [-0.25, -0.2) is 4.79 Å². The van der Waals surface area contributed by atoms with Crippen molar-refractivity contribution in [3.8, 4) is 0 Å². The van der Waals surface area contributed by atoms with E-state index in [1.807, 2.05) is 13.8 Å². The third kappa shape index (κ3) is 4.35. The van der Waals surface area contributed by atoms with Crippen LogP contribution in [0.4, 0.5) is 0 Å². The van der Waals surface area contributed by atoms with Gasteiger partial charge in [0, 0.05) is 19.8 Å². The minimum atomic E-state index is -0.862. The van der Waals surface area contributed by atoms with Crippen LogP contribution in [0.5, 0.6) is 0 Å². The van der Waals surface area contributed by atoms with E-state index in [-0.39, 0.29) is 24.7 Å². The topological polar surface area (TPSA) is 92.8 Å². The number of rotatable bonds is 5. The standard InChI is InChI=1S/C12H18N2O5/c1-7(2)6-9(13-8(3)15)12(18)19-14-10(16)4-5-11(14)17/h7,9H,4-6H2,1-3H3,(H,13,15)/t9-/m1/s1. The van der Waals surface area contributed by atoms with Crippen LogP contribution in [0.15, 0.2) is 0 Å². The second-order valence-electron chi connectivity index (χ2n) is 4.87. The van der Waals surface area contributed by atoms with Crippen LogP contribution in [-0.4, -0.2) is 34.8 Å². The first kappa shape index (κ1) is 15.1. The minimum Gasteiger partial charge on any atom is -0.343 e. The number of nitrogens with one attached hydrogen (secondary N) is 1. The van der Waals surface area contributed by atoms with Crippen LogP contribution in [0, 0.1) is 5.92 Å². The van der Waals surface area contributed by atoms with Gasteiger partial charge in [0.25, 0.3) is 11.8 Å². The van der Waals surface area contributed by atoms with E-state index in [1.54, 1.807) is 0 Å². The Morgan fingerprint density at radius 3 is 2.21 bits per heavy atom. The molecule has 1 atom stereocenters. The fourth-order valence-electron chi connectivity index (χ4n) is 1.74. The zero-order chi connectivity index (χ0) is 14.6. The van der Waals surface area contributed by atoms with Gasteiger partial charge in [0.05, 0.1) is 0 Å². The maximum absolute atomic E-state index is 11.9. The van der Waals surface area contributed by atoms with Gasteiger partial charge in [-0.2, -0.15) is 0 Å². The lowest BCUT2D eigenvalue weighted by atomic mass is 10.0. The van der Waals surface area contributed by atoms with Crippen molar-refractivity contribution < 1.29 is 24.0 Å². The Balaban J connectivity index is 2.68. The second kappa shape index (κ2) is 6.31. The molecule has 19 heavy (non-hydrogen) atoms. The Labute approximate surface area is 111 Å². The van der Waals surface area contributed by atoms with E-state index in [0.29, 0.717) is 11.5 Å². The fourth-order valence-corrected chi connectivity index (χ4v) is 1.74. The van der Waals surface area contributed by atoms with Gasteiger partial charge in [-0.1, -0.05) is 13.8 Å². The molecule has 3 amide bonds. The van der Waals surface area contributed by atoms with Crippen molar-refractivity contribution in [2.24, 2.45) is 5.92 Å². The average molecular weight is 270 g/mol. The Morgan fingerprint density at radius 2 is 1.79 bits per heavy atom. The van der Waals surface area contributed by atoms with Crippen molar-refractivity contribution in [1.82, 2.24) is 10.4 Å². The summed E-state index contributed by atoms with van der Waals surface area (Å²) in [6, 6.07) is -0.862. The molecule has 1 saturated heterocycles. The summed E-state index contributed by atoms with van der Waals surface area (Å²) in [7, 11) is 0. The monoisotopic (exact) mass is 270 g/mol. The summed E-state index contributed by atoms with van der Waals surface area (Å²) in [6.45, 7) is 5.05. The molecule has 0 aromatic heterocycles. The highest BCUT2D eigenvalue weighted by Gasteiger charge is 2.35. The third-order valence-corrected chi connectivity index (χ3v) is 2.56. The van der Waals surface area contributed by atoms with Crippen molar-refractivity contribution in [3.63, 3.8) is 0 Å². The van der Waals surface area contributed by atoms with Crippen LogP contribution in [0.2, 0.25) is 0 Å². The van der Waals surface area contributed by atoms with Gasteiger partial charge in [-0.3, -0.25) is 14.4 Å². The van der Waals surface area contributed by atoms with Gasteiger partial charge in [0.2, 0.25) is 5.91 Å². The predicted octanol–water partition coefficient (Wildman–Crippen LogP) is 0.144. The van der Waals surface area contributed by atoms with E-state index >= 15 is 0 Å². The van der Waals surface area contributed by atoms with E-state index in [4.69, 9.17) is 4.84 Å². The SMILES string of the molecule is CC(=O)N[C@H](CC(C)C)C(=O)ON1C(=O)CCC1=O. The maximum Gasteiger partial charge on any atom is 0.355 e. The summed E-state index contributed by atoms with van der Waals surface area (Å²) >= 11 is 0. The molecule has 1 N–H and O–H groups in total. The quantitative estimate of drug-likeness (QED) is 0.717. The summed E-state index contributed by atoms with van der Waals surface area (Å²) < 4.78 is 0. The first-order chi connectivity index (χ1) is 8.81. The normalized spacial score (nSPS) is 16.7. The number of carbonyl (C=O) groups is 4. The molecule has 0 radical (unpaired) electrons. The molecule has 0 aromatic carbocycles. The number of amides is 3. The molecule has 0 unspecified atom stereocenters. The Kier molecular flexibility index (Phi) is 5.02. The number of hydrogen-bond acceptors (Lipinski definition) is 5. The minimum absolute atomic E-state index is 0.0428. The molecule has 7 nitrogen and oxygen atoms in total. The van der Waals surface area contributed by atoms with Crippen LogP contribution in [0.25, 0.3) is 0 Å². The summed E-state index contributed by atoms with van der Waals surface area (Å²) in [5.74, 6) is -2.10. The van der Waals surface area contributed by atoms with Crippen LogP contribution in [0.3, 0.4) is 0 Å². The molecule has 106 valence electrons. The number of hydroxylamine groups is 2. The zero-order valence-electron chi connectivity index (χ0n) is 11.3. The molecule has 1 aliphatic heterocycles. The van der Waals surface area contributed by atoms with Gasteiger partial charge < -0.3 is 10.2 Å². The summed E-state index contributed by atoms with van der Waals surface area (Å²) in [5.41, 5.74) is 0. The molecule has 0 aromatic rings. The lowest BCUT2D eigenvalue weighted by Crippen LogP contribution is -2.45. The van der Waals surface area contributed by atoms with Crippen LogP contribution in [0.1, 0.15) is 40.0 Å². The first-order valence-corrected chi connectivity index (χ1v) is 6.16. The Hall–Kier alpha value is -1.92. The lowest BCUT2D eigenvalue weighted by molar-refractivity contribution is -0.199. The number of nitrogens with zero attached hydrogens (tertiary/aromatic N) is 1. The van der Waals surface area contributed by atoms with Crippen molar-refractivity contribution in [3.05, 3.63) is 0 Å². The van der Waals surface area contributed by atoms with E-state index < -0.39 is 23.8 Å². The Bertz CT molecular complexity index is 389. The Morgan fingerprint density at radius 1 is 1.26 bits per heavy atom. The lowest BCUT2D eigenvalue weighted by Gasteiger charge is -2.20. The summed E-state index contributed by atoms with van der Waals surface area (Å²) in [5, 5.41) is 2.94. The van der Waals surface area contributed by atoms with Crippen LogP contribution >= 0.6 is 0 Å². The molecule has 1 heterocycles. The largest absolute Gasteiger partial charge is 0.355 e. The molecule has 0 bridgehead atoms.